The summed E-state index contributed by atoms with van der Waals surface area (Å²) in [6, 6.07) is 22.7. The molecule has 3 aromatic rings. The Labute approximate surface area is 182 Å². The van der Waals surface area contributed by atoms with E-state index in [1.165, 1.54) is 0 Å². The summed E-state index contributed by atoms with van der Waals surface area (Å²) in [5.74, 6) is 1.26. The predicted molar refractivity (Wildman–Crippen MR) is 121 cm³/mol. The molecule has 0 bridgehead atoms. The number of anilines is 2. The Hall–Kier alpha value is -3.52. The van der Waals surface area contributed by atoms with Gasteiger partial charge in [-0.15, -0.1) is 0 Å². The zero-order chi connectivity index (χ0) is 22.3. The molecule has 0 atom stereocenters. The first-order valence-electron chi connectivity index (χ1n) is 9.69. The average Bonchev–Trinajstić information content (AvgIpc) is 2.74. The van der Waals surface area contributed by atoms with Gasteiger partial charge in [-0.3, -0.25) is 9.10 Å². The molecule has 0 unspecified atom stereocenters. The maximum Gasteiger partial charge on any atom is 0.245 e. The second-order valence-electron chi connectivity index (χ2n) is 6.66. The lowest BCUT2D eigenvalue weighted by atomic mass is 10.2. The molecular weight excluding hydrogens is 416 g/mol. The zero-order valence-corrected chi connectivity index (χ0v) is 18.1. The monoisotopic (exact) mass is 440 g/mol. The fraction of sp³-hybridized carbons (Fsp3) is 0.174. The Morgan fingerprint density at radius 3 is 2.16 bits per heavy atom. The van der Waals surface area contributed by atoms with Crippen LogP contribution in [0.15, 0.2) is 78.9 Å². The standard InChI is InChI=1S/C23H24N2O5S/c1-3-29-22-12-8-7-11-21(22)24-23(26)17-25(31(2,27)28)18-13-15-20(16-14-18)30-19-9-5-4-6-10-19/h4-16H,3,17H2,1-2H3,(H,24,26). The molecule has 0 aliphatic heterocycles. The number of nitrogens with zero attached hydrogens (tertiary/aromatic N) is 1. The van der Waals surface area contributed by atoms with Gasteiger partial charge in [-0.2, -0.15) is 0 Å². The van der Waals surface area contributed by atoms with E-state index in [9.17, 15) is 13.2 Å². The van der Waals surface area contributed by atoms with Crippen molar-refractivity contribution in [1.29, 1.82) is 0 Å². The molecule has 8 heteroatoms. The van der Waals surface area contributed by atoms with Crippen LogP contribution in [0.25, 0.3) is 0 Å². The van der Waals surface area contributed by atoms with Crippen LogP contribution >= 0.6 is 0 Å². The number of hydrogen-bond donors (Lipinski definition) is 1. The predicted octanol–water partition coefficient (Wildman–Crippen LogP) is 4.28. The molecule has 31 heavy (non-hydrogen) atoms. The highest BCUT2D eigenvalue weighted by atomic mass is 32.2. The highest BCUT2D eigenvalue weighted by molar-refractivity contribution is 7.92. The summed E-state index contributed by atoms with van der Waals surface area (Å²) in [5, 5.41) is 2.72. The van der Waals surface area contributed by atoms with Crippen LogP contribution in [0.1, 0.15) is 6.92 Å². The Kier molecular flexibility index (Phi) is 7.15. The SMILES string of the molecule is CCOc1ccccc1NC(=O)CN(c1ccc(Oc2ccccc2)cc1)S(C)(=O)=O. The zero-order valence-electron chi connectivity index (χ0n) is 17.3. The van der Waals surface area contributed by atoms with Crippen LogP contribution in [-0.4, -0.2) is 33.7 Å². The number of para-hydroxylation sites is 3. The van der Waals surface area contributed by atoms with Crippen LogP contribution in [-0.2, 0) is 14.8 Å². The lowest BCUT2D eigenvalue weighted by Gasteiger charge is -2.22. The highest BCUT2D eigenvalue weighted by Gasteiger charge is 2.21. The fourth-order valence-corrected chi connectivity index (χ4v) is 3.73. The molecule has 0 heterocycles. The van der Waals surface area contributed by atoms with Gasteiger partial charge in [0.2, 0.25) is 15.9 Å². The fourth-order valence-electron chi connectivity index (χ4n) is 2.88. The maximum atomic E-state index is 12.6. The summed E-state index contributed by atoms with van der Waals surface area (Å²) in [6.07, 6.45) is 1.06. The Bertz CT molecular complexity index is 1120. The molecule has 162 valence electrons. The van der Waals surface area contributed by atoms with E-state index in [0.29, 0.717) is 35.2 Å². The third-order valence-electron chi connectivity index (χ3n) is 4.25. The van der Waals surface area contributed by atoms with Gasteiger partial charge in [-0.05, 0) is 55.5 Å². The number of hydrogen-bond acceptors (Lipinski definition) is 5. The minimum atomic E-state index is -3.70. The molecule has 0 fully saturated rings. The normalized spacial score (nSPS) is 10.9. The first kappa shape index (κ1) is 22.2. The smallest absolute Gasteiger partial charge is 0.245 e. The number of carbonyl (C=O) groups is 1. The quantitative estimate of drug-likeness (QED) is 0.537. The highest BCUT2D eigenvalue weighted by Crippen LogP contribution is 2.26. The maximum absolute atomic E-state index is 12.6. The molecule has 3 aromatic carbocycles. The number of rotatable bonds is 9. The van der Waals surface area contributed by atoms with Crippen molar-refractivity contribution >= 4 is 27.3 Å². The van der Waals surface area contributed by atoms with E-state index in [4.69, 9.17) is 9.47 Å². The van der Waals surface area contributed by atoms with Crippen molar-refractivity contribution in [3.05, 3.63) is 78.9 Å². The first-order valence-corrected chi connectivity index (χ1v) is 11.5. The average molecular weight is 441 g/mol. The number of carbonyl (C=O) groups excluding carboxylic acids is 1. The third-order valence-corrected chi connectivity index (χ3v) is 5.39. The first-order chi connectivity index (χ1) is 14.9. The molecule has 1 N–H and O–H groups in total. The minimum absolute atomic E-state index is 0.358. The third kappa shape index (κ3) is 6.23. The lowest BCUT2D eigenvalue weighted by molar-refractivity contribution is -0.114. The molecule has 0 aliphatic rings. The number of nitrogens with one attached hydrogen (secondary N) is 1. The van der Waals surface area contributed by atoms with E-state index >= 15 is 0 Å². The molecule has 0 aliphatic carbocycles. The van der Waals surface area contributed by atoms with Gasteiger partial charge in [0.05, 0.1) is 24.2 Å². The van der Waals surface area contributed by atoms with Crippen molar-refractivity contribution in [3.8, 4) is 17.2 Å². The number of amides is 1. The lowest BCUT2D eigenvalue weighted by Crippen LogP contribution is -2.37. The van der Waals surface area contributed by atoms with Gasteiger partial charge >= 0.3 is 0 Å². The molecule has 0 saturated heterocycles. The van der Waals surface area contributed by atoms with Crippen LogP contribution in [0.5, 0.6) is 17.2 Å². The van der Waals surface area contributed by atoms with Crippen molar-refractivity contribution in [2.24, 2.45) is 0 Å². The number of benzene rings is 3. The topological polar surface area (TPSA) is 84.9 Å². The van der Waals surface area contributed by atoms with E-state index in [-0.39, 0.29) is 6.54 Å². The molecular formula is C23H24N2O5S. The minimum Gasteiger partial charge on any atom is -0.492 e. The second kappa shape index (κ2) is 9.99. The summed E-state index contributed by atoms with van der Waals surface area (Å²) in [5.41, 5.74) is 0.838. The van der Waals surface area contributed by atoms with Crippen molar-refractivity contribution in [2.75, 3.05) is 29.0 Å². The van der Waals surface area contributed by atoms with Crippen molar-refractivity contribution < 1.29 is 22.7 Å². The summed E-state index contributed by atoms with van der Waals surface area (Å²) >= 11 is 0. The summed E-state index contributed by atoms with van der Waals surface area (Å²) in [7, 11) is -3.70. The van der Waals surface area contributed by atoms with Gasteiger partial charge in [0.25, 0.3) is 0 Å². The van der Waals surface area contributed by atoms with E-state index in [0.717, 1.165) is 10.6 Å². The molecule has 3 rings (SSSR count). The van der Waals surface area contributed by atoms with Gasteiger partial charge < -0.3 is 14.8 Å². The largest absolute Gasteiger partial charge is 0.492 e. The molecule has 0 saturated carbocycles. The molecule has 7 nitrogen and oxygen atoms in total. The Morgan fingerprint density at radius 1 is 0.903 bits per heavy atom. The van der Waals surface area contributed by atoms with Gasteiger partial charge in [0, 0.05) is 0 Å². The molecule has 0 spiro atoms. The van der Waals surface area contributed by atoms with E-state index in [1.54, 1.807) is 48.5 Å². The van der Waals surface area contributed by atoms with Crippen LogP contribution < -0.4 is 19.1 Å². The van der Waals surface area contributed by atoms with Gasteiger partial charge in [0.1, 0.15) is 23.8 Å². The van der Waals surface area contributed by atoms with Crippen LogP contribution in [0.4, 0.5) is 11.4 Å². The van der Waals surface area contributed by atoms with Crippen molar-refractivity contribution in [2.45, 2.75) is 6.92 Å². The Balaban J connectivity index is 1.74. The molecule has 1 amide bonds. The Morgan fingerprint density at radius 2 is 1.52 bits per heavy atom. The van der Waals surface area contributed by atoms with Gasteiger partial charge in [-0.1, -0.05) is 30.3 Å². The van der Waals surface area contributed by atoms with Crippen molar-refractivity contribution in [3.63, 3.8) is 0 Å². The summed E-state index contributed by atoms with van der Waals surface area (Å²) in [6.45, 7) is 1.91. The van der Waals surface area contributed by atoms with E-state index in [2.05, 4.69) is 5.32 Å². The number of sulfonamides is 1. The van der Waals surface area contributed by atoms with E-state index < -0.39 is 15.9 Å². The van der Waals surface area contributed by atoms with Gasteiger partial charge in [-0.25, -0.2) is 8.42 Å². The molecule has 0 radical (unpaired) electrons. The summed E-state index contributed by atoms with van der Waals surface area (Å²) in [4.78, 5) is 12.6. The number of ether oxygens (including phenoxy) is 2. The van der Waals surface area contributed by atoms with Crippen LogP contribution in [0.2, 0.25) is 0 Å². The second-order valence-corrected chi connectivity index (χ2v) is 8.56. The van der Waals surface area contributed by atoms with Crippen LogP contribution in [0, 0.1) is 0 Å². The van der Waals surface area contributed by atoms with Crippen LogP contribution in [0.3, 0.4) is 0 Å². The van der Waals surface area contributed by atoms with E-state index in [1.807, 2.05) is 37.3 Å². The van der Waals surface area contributed by atoms with Gasteiger partial charge in [0.15, 0.2) is 0 Å². The van der Waals surface area contributed by atoms with Crippen molar-refractivity contribution in [1.82, 2.24) is 0 Å². The summed E-state index contributed by atoms with van der Waals surface area (Å²) < 4.78 is 37.0. The molecule has 0 aromatic heterocycles.